The molecular weight excluding hydrogens is 909 g/mol. The Morgan fingerprint density at radius 1 is 0.260 bits per heavy atom. The van der Waals surface area contributed by atoms with Crippen molar-refractivity contribution in [2.24, 2.45) is 0 Å². The van der Waals surface area contributed by atoms with E-state index in [2.05, 4.69) is 27.7 Å². The first kappa shape index (κ1) is 73.0. The third kappa shape index (κ3) is 65.9. The maximum atomic E-state index is 12.8. The summed E-state index contributed by atoms with van der Waals surface area (Å²) in [7, 11) is 0. The Bertz CT molecular complexity index is 1080. The number of rotatable bonds is 59. The summed E-state index contributed by atoms with van der Waals surface area (Å²) in [4.78, 5) is 48.1. The van der Waals surface area contributed by atoms with Crippen LogP contribution in [0.2, 0.25) is 0 Å². The molecule has 0 bridgehead atoms. The minimum atomic E-state index is -0.760. The molecule has 0 heterocycles. The van der Waals surface area contributed by atoms with E-state index >= 15 is 0 Å². The molecule has 434 valence electrons. The van der Waals surface area contributed by atoms with Gasteiger partial charge in [0.1, 0.15) is 13.2 Å². The van der Waals surface area contributed by atoms with Crippen molar-refractivity contribution in [1.82, 2.24) is 0 Å². The number of hydrogen-bond donors (Lipinski definition) is 1. The fourth-order valence-corrected chi connectivity index (χ4v) is 9.68. The van der Waals surface area contributed by atoms with Crippen molar-refractivity contribution in [2.45, 2.75) is 381 Å². The van der Waals surface area contributed by atoms with Gasteiger partial charge >= 0.3 is 23.9 Å². The van der Waals surface area contributed by atoms with Crippen LogP contribution in [0, 0.1) is 0 Å². The lowest BCUT2D eigenvalue weighted by Crippen LogP contribution is -2.30. The first-order chi connectivity index (χ1) is 35.8. The molecule has 0 radical (unpaired) electrons. The normalized spacial score (nSPS) is 11.2. The molecule has 0 aliphatic carbocycles. The Labute approximate surface area is 454 Å². The van der Waals surface area contributed by atoms with Crippen LogP contribution in [0.4, 0.5) is 0 Å². The van der Waals surface area contributed by atoms with Gasteiger partial charge in [0.05, 0.1) is 0 Å². The first-order valence-corrected chi connectivity index (χ1v) is 32.5. The minimum absolute atomic E-state index is 0.0611. The maximum Gasteiger partial charge on any atom is 0.306 e. The molecule has 0 aromatic carbocycles. The average Bonchev–Trinajstić information content (AvgIpc) is 3.38. The zero-order chi connectivity index (χ0) is 53.6. The molecule has 0 spiro atoms. The molecule has 8 nitrogen and oxygen atoms in total. The highest BCUT2D eigenvalue weighted by Gasteiger charge is 2.19. The van der Waals surface area contributed by atoms with Crippen molar-refractivity contribution < 1.29 is 38.5 Å². The lowest BCUT2D eigenvalue weighted by atomic mass is 10.0. The van der Waals surface area contributed by atoms with E-state index in [-0.39, 0.29) is 31.1 Å². The van der Waals surface area contributed by atoms with Crippen LogP contribution >= 0.6 is 0 Å². The molecule has 0 aliphatic rings. The van der Waals surface area contributed by atoms with Gasteiger partial charge in [-0.05, 0) is 25.7 Å². The van der Waals surface area contributed by atoms with Crippen molar-refractivity contribution in [3.8, 4) is 0 Å². The van der Waals surface area contributed by atoms with Gasteiger partial charge in [-0.1, -0.05) is 323 Å². The first-order valence-electron chi connectivity index (χ1n) is 32.5. The number of esters is 3. The van der Waals surface area contributed by atoms with Gasteiger partial charge in [0.15, 0.2) is 6.10 Å². The van der Waals surface area contributed by atoms with Gasteiger partial charge in [0.25, 0.3) is 0 Å². The Balaban J connectivity index is 0. The van der Waals surface area contributed by atoms with E-state index in [1.807, 2.05) is 0 Å². The fourth-order valence-electron chi connectivity index (χ4n) is 9.68. The molecule has 0 amide bonds. The number of hydrogen-bond acceptors (Lipinski definition) is 7. The zero-order valence-corrected chi connectivity index (χ0v) is 49.5. The Hall–Kier alpha value is -2.12. The fraction of sp³-hybridized carbons (Fsp3) is 0.938. The molecule has 1 N–H and O–H groups in total. The monoisotopic (exact) mass is 1030 g/mol. The van der Waals surface area contributed by atoms with E-state index in [0.717, 1.165) is 70.6 Å². The third-order valence-corrected chi connectivity index (χ3v) is 14.6. The van der Waals surface area contributed by atoms with Crippen LogP contribution in [0.3, 0.4) is 0 Å². The zero-order valence-electron chi connectivity index (χ0n) is 49.5. The molecule has 0 aromatic rings. The maximum absolute atomic E-state index is 12.8. The Morgan fingerprint density at radius 2 is 0.438 bits per heavy atom. The quantitative estimate of drug-likeness (QED) is 0.0364. The van der Waals surface area contributed by atoms with Gasteiger partial charge < -0.3 is 19.3 Å². The van der Waals surface area contributed by atoms with Crippen LogP contribution in [-0.2, 0) is 33.4 Å². The largest absolute Gasteiger partial charge is 0.481 e. The molecule has 0 aliphatic heterocycles. The highest BCUT2D eigenvalue weighted by Crippen LogP contribution is 2.18. The summed E-state index contributed by atoms with van der Waals surface area (Å²) in [5.74, 6) is -1.50. The van der Waals surface area contributed by atoms with E-state index in [4.69, 9.17) is 19.3 Å². The van der Waals surface area contributed by atoms with Crippen molar-refractivity contribution in [3.63, 3.8) is 0 Å². The number of carboxylic acid groups (broad SMARTS) is 1. The van der Waals surface area contributed by atoms with Crippen LogP contribution in [0.1, 0.15) is 374 Å². The van der Waals surface area contributed by atoms with Crippen molar-refractivity contribution in [1.29, 1.82) is 0 Å². The van der Waals surface area contributed by atoms with Crippen LogP contribution in [0.15, 0.2) is 0 Å². The minimum Gasteiger partial charge on any atom is -0.481 e. The summed E-state index contributed by atoms with van der Waals surface area (Å²) in [5.41, 5.74) is 0. The van der Waals surface area contributed by atoms with E-state index in [0.29, 0.717) is 25.7 Å². The van der Waals surface area contributed by atoms with Crippen LogP contribution in [0.5, 0.6) is 0 Å². The van der Waals surface area contributed by atoms with Gasteiger partial charge in [-0.3, -0.25) is 19.2 Å². The smallest absolute Gasteiger partial charge is 0.306 e. The molecule has 0 fully saturated rings. The molecule has 0 saturated heterocycles. The summed E-state index contributed by atoms with van der Waals surface area (Å²) >= 11 is 0. The van der Waals surface area contributed by atoms with E-state index in [9.17, 15) is 19.2 Å². The number of unbranched alkanes of at least 4 members (excludes halogenated alkanes) is 46. The number of carboxylic acids is 1. The molecule has 8 heteroatoms. The van der Waals surface area contributed by atoms with Crippen molar-refractivity contribution in [3.05, 3.63) is 0 Å². The number of carbonyl (C=O) groups is 4. The molecular formula is C65H126O8. The third-order valence-electron chi connectivity index (χ3n) is 14.6. The van der Waals surface area contributed by atoms with Crippen LogP contribution < -0.4 is 0 Å². The van der Waals surface area contributed by atoms with Crippen LogP contribution in [0.25, 0.3) is 0 Å². The van der Waals surface area contributed by atoms with Gasteiger partial charge in [0, 0.05) is 25.7 Å². The summed E-state index contributed by atoms with van der Waals surface area (Å²) < 4.78 is 16.9. The highest BCUT2D eigenvalue weighted by molar-refractivity contribution is 5.71. The van der Waals surface area contributed by atoms with E-state index < -0.39 is 12.1 Å². The summed E-state index contributed by atoms with van der Waals surface area (Å²) in [6, 6.07) is 0. The number of aliphatic carboxylic acids is 1. The summed E-state index contributed by atoms with van der Waals surface area (Å²) in [5, 5.41) is 8.27. The summed E-state index contributed by atoms with van der Waals surface area (Å²) in [6.07, 6.45) is 63.9. The average molecular weight is 1040 g/mol. The Morgan fingerprint density at radius 3 is 0.644 bits per heavy atom. The standard InChI is InChI=1S/C57H110O6.C8H16O2/c1-4-7-10-13-16-19-22-25-28-31-34-37-40-43-46-49-55(58)61-52-54(63-57(60)51-48-45-42-39-36-33-30-27-24-21-18-15-12-9-6-3)53-62-56(59)50-47-44-41-38-35-32-29-26-23-20-17-14-11-8-5-2;1-2-3-4-5-6-7-8(9)10/h54H,4-53H2,1-3H3;2-7H2,1H3,(H,9,10). The second kappa shape index (κ2) is 64.2. The van der Waals surface area contributed by atoms with Crippen molar-refractivity contribution >= 4 is 23.9 Å². The van der Waals surface area contributed by atoms with Gasteiger partial charge in [-0.25, -0.2) is 0 Å². The van der Waals surface area contributed by atoms with Gasteiger partial charge in [-0.15, -0.1) is 0 Å². The number of ether oxygens (including phenoxy) is 3. The number of carbonyl (C=O) groups excluding carboxylic acids is 3. The predicted octanol–water partition coefficient (Wildman–Crippen LogP) is 21.2. The molecule has 0 rings (SSSR count). The predicted molar refractivity (Wildman–Crippen MR) is 311 cm³/mol. The highest BCUT2D eigenvalue weighted by atomic mass is 16.6. The SMILES string of the molecule is CCCCCCCC(=O)O.CCCCCCCCCCCCCCCCCC(=O)OCC(COC(=O)CCCCCCCCCCCCCCCCC)OC(=O)CCCCCCCCCCCCCCCCC. The lowest BCUT2D eigenvalue weighted by Gasteiger charge is -2.18. The van der Waals surface area contributed by atoms with E-state index in [1.54, 1.807) is 0 Å². The van der Waals surface area contributed by atoms with Gasteiger partial charge in [-0.2, -0.15) is 0 Å². The second-order valence-corrected chi connectivity index (χ2v) is 22.1. The topological polar surface area (TPSA) is 116 Å². The molecule has 73 heavy (non-hydrogen) atoms. The molecule has 0 aromatic heterocycles. The van der Waals surface area contributed by atoms with Gasteiger partial charge in [0.2, 0.25) is 0 Å². The summed E-state index contributed by atoms with van der Waals surface area (Å²) in [6.45, 7) is 8.86. The lowest BCUT2D eigenvalue weighted by molar-refractivity contribution is -0.167. The van der Waals surface area contributed by atoms with Crippen LogP contribution in [-0.4, -0.2) is 48.3 Å². The Kier molecular flexibility index (Phi) is 64.1. The van der Waals surface area contributed by atoms with Crippen molar-refractivity contribution in [2.75, 3.05) is 13.2 Å². The molecule has 0 unspecified atom stereocenters. The van der Waals surface area contributed by atoms with E-state index in [1.165, 1.54) is 250 Å². The molecule has 0 saturated carbocycles. The second-order valence-electron chi connectivity index (χ2n) is 22.1. The molecule has 0 atom stereocenters.